The van der Waals surface area contributed by atoms with Crippen LogP contribution in [0.2, 0.25) is 0 Å². The van der Waals surface area contributed by atoms with Crippen LogP contribution in [-0.2, 0) is 0 Å². The lowest BCUT2D eigenvalue weighted by Gasteiger charge is -2.21. The molecule has 0 heterocycles. The number of aryl methyl sites for hydroxylation is 1. The fourth-order valence-electron chi connectivity index (χ4n) is 2.40. The van der Waals surface area contributed by atoms with E-state index < -0.39 is 0 Å². The Kier molecular flexibility index (Phi) is 5.83. The van der Waals surface area contributed by atoms with Crippen LogP contribution in [0.5, 0.6) is 5.75 Å². The molecule has 108 valence electrons. The van der Waals surface area contributed by atoms with Gasteiger partial charge in [-0.15, -0.1) is 0 Å². The molecule has 0 aliphatic rings. The largest absolute Gasteiger partial charge is 0.496 e. The van der Waals surface area contributed by atoms with E-state index in [0.717, 1.165) is 12.2 Å². The van der Waals surface area contributed by atoms with E-state index in [-0.39, 0.29) is 6.04 Å². The number of benzene rings is 1. The molecule has 0 aliphatic heterocycles. The van der Waals surface area contributed by atoms with Crippen molar-refractivity contribution < 1.29 is 4.74 Å². The molecule has 0 aliphatic carbocycles. The number of nitrogens with two attached hydrogens (primary N) is 2. The molecule has 0 spiro atoms. The van der Waals surface area contributed by atoms with Crippen molar-refractivity contribution in [1.82, 2.24) is 0 Å². The molecule has 3 nitrogen and oxygen atoms in total. The van der Waals surface area contributed by atoms with Gasteiger partial charge in [0.15, 0.2) is 0 Å². The molecule has 1 aromatic rings. The lowest BCUT2D eigenvalue weighted by Crippen LogP contribution is -2.20. The van der Waals surface area contributed by atoms with E-state index >= 15 is 0 Å². The quantitative estimate of drug-likeness (QED) is 0.830. The van der Waals surface area contributed by atoms with E-state index in [2.05, 4.69) is 39.8 Å². The van der Waals surface area contributed by atoms with Gasteiger partial charge in [0.1, 0.15) is 5.75 Å². The molecule has 19 heavy (non-hydrogen) atoms. The van der Waals surface area contributed by atoms with Crippen molar-refractivity contribution in [2.24, 2.45) is 17.4 Å². The van der Waals surface area contributed by atoms with E-state index in [4.69, 9.17) is 16.2 Å². The van der Waals surface area contributed by atoms with Crippen LogP contribution in [0.25, 0.3) is 0 Å². The Morgan fingerprint density at radius 1 is 1.16 bits per heavy atom. The van der Waals surface area contributed by atoms with Crippen LogP contribution in [-0.4, -0.2) is 13.7 Å². The van der Waals surface area contributed by atoms with E-state index in [1.807, 2.05) is 0 Å². The summed E-state index contributed by atoms with van der Waals surface area (Å²) in [5.41, 5.74) is 15.6. The molecule has 0 amide bonds. The molecular weight excluding hydrogens is 236 g/mol. The Labute approximate surface area is 117 Å². The zero-order valence-corrected chi connectivity index (χ0v) is 12.9. The van der Waals surface area contributed by atoms with Crippen molar-refractivity contribution in [3.63, 3.8) is 0 Å². The first-order valence-electron chi connectivity index (χ1n) is 7.04. The third kappa shape index (κ3) is 3.95. The molecule has 0 fully saturated rings. The minimum atomic E-state index is 0.0435. The number of methoxy groups -OCH3 is 1. The van der Waals surface area contributed by atoms with Gasteiger partial charge < -0.3 is 16.2 Å². The number of ether oxygens (including phenoxy) is 1. The molecule has 0 saturated carbocycles. The fourth-order valence-corrected chi connectivity index (χ4v) is 2.40. The third-order valence-electron chi connectivity index (χ3n) is 3.70. The maximum absolute atomic E-state index is 6.34. The Balaban J connectivity index is 3.10. The molecule has 0 radical (unpaired) electrons. The number of hydrogen-bond acceptors (Lipinski definition) is 3. The highest BCUT2D eigenvalue weighted by Gasteiger charge is 2.17. The van der Waals surface area contributed by atoms with E-state index in [1.54, 1.807) is 7.11 Å². The summed E-state index contributed by atoms with van der Waals surface area (Å²) in [4.78, 5) is 0. The maximum atomic E-state index is 6.34. The predicted molar refractivity (Wildman–Crippen MR) is 81.6 cm³/mol. The van der Waals surface area contributed by atoms with E-state index in [9.17, 15) is 0 Å². The van der Waals surface area contributed by atoms with Gasteiger partial charge in [-0.1, -0.05) is 26.8 Å². The highest BCUT2D eigenvalue weighted by Crippen LogP contribution is 2.32. The SMILES string of the molecule is COc1cc(C)c(C(N)CC(C)CN)cc1C(C)C. The fraction of sp³-hybridized carbons (Fsp3) is 0.625. The van der Waals surface area contributed by atoms with Gasteiger partial charge in [-0.3, -0.25) is 0 Å². The normalized spacial score (nSPS) is 14.5. The van der Waals surface area contributed by atoms with Gasteiger partial charge >= 0.3 is 0 Å². The molecule has 2 atom stereocenters. The average molecular weight is 264 g/mol. The molecule has 2 unspecified atom stereocenters. The summed E-state index contributed by atoms with van der Waals surface area (Å²) in [5.74, 6) is 1.82. The lowest BCUT2D eigenvalue weighted by atomic mass is 9.89. The van der Waals surface area contributed by atoms with Gasteiger partial charge in [-0.2, -0.15) is 0 Å². The smallest absolute Gasteiger partial charge is 0.122 e. The van der Waals surface area contributed by atoms with Crippen LogP contribution in [0.3, 0.4) is 0 Å². The highest BCUT2D eigenvalue weighted by atomic mass is 16.5. The topological polar surface area (TPSA) is 61.3 Å². The van der Waals surface area contributed by atoms with E-state index in [0.29, 0.717) is 18.4 Å². The first-order chi connectivity index (χ1) is 8.90. The Bertz CT molecular complexity index is 415. The van der Waals surface area contributed by atoms with Gasteiger partial charge in [0.05, 0.1) is 7.11 Å². The molecular formula is C16H28N2O. The van der Waals surface area contributed by atoms with Crippen molar-refractivity contribution in [1.29, 1.82) is 0 Å². The Morgan fingerprint density at radius 2 is 1.79 bits per heavy atom. The Morgan fingerprint density at radius 3 is 2.26 bits per heavy atom. The van der Waals surface area contributed by atoms with Crippen molar-refractivity contribution >= 4 is 0 Å². The summed E-state index contributed by atoms with van der Waals surface area (Å²) in [6.45, 7) is 9.26. The van der Waals surface area contributed by atoms with Gasteiger partial charge in [0.25, 0.3) is 0 Å². The van der Waals surface area contributed by atoms with Crippen molar-refractivity contribution in [3.8, 4) is 5.75 Å². The van der Waals surface area contributed by atoms with Crippen LogP contribution >= 0.6 is 0 Å². The van der Waals surface area contributed by atoms with Crippen molar-refractivity contribution in [3.05, 3.63) is 28.8 Å². The van der Waals surface area contributed by atoms with Crippen LogP contribution < -0.4 is 16.2 Å². The van der Waals surface area contributed by atoms with Crippen LogP contribution in [0, 0.1) is 12.8 Å². The summed E-state index contributed by atoms with van der Waals surface area (Å²) in [5, 5.41) is 0. The zero-order valence-electron chi connectivity index (χ0n) is 12.9. The van der Waals surface area contributed by atoms with Gasteiger partial charge in [0.2, 0.25) is 0 Å². The van der Waals surface area contributed by atoms with E-state index in [1.165, 1.54) is 16.7 Å². The zero-order chi connectivity index (χ0) is 14.6. The average Bonchev–Trinajstić information content (AvgIpc) is 2.37. The van der Waals surface area contributed by atoms with Crippen molar-refractivity contribution in [2.45, 2.75) is 46.1 Å². The number of hydrogen-bond donors (Lipinski definition) is 2. The molecule has 1 aromatic carbocycles. The second kappa shape index (κ2) is 6.92. The summed E-state index contributed by atoms with van der Waals surface area (Å²) < 4.78 is 5.46. The molecule has 0 bridgehead atoms. The maximum Gasteiger partial charge on any atom is 0.122 e. The van der Waals surface area contributed by atoms with Crippen molar-refractivity contribution in [2.75, 3.05) is 13.7 Å². The minimum absolute atomic E-state index is 0.0435. The number of rotatable bonds is 6. The first-order valence-corrected chi connectivity index (χ1v) is 7.04. The predicted octanol–water partition coefficient (Wildman–Crippen LogP) is 3.11. The summed E-state index contributed by atoms with van der Waals surface area (Å²) in [6, 6.07) is 4.34. The minimum Gasteiger partial charge on any atom is -0.496 e. The van der Waals surface area contributed by atoms with Gasteiger partial charge in [-0.05, 0) is 54.5 Å². The lowest BCUT2D eigenvalue weighted by molar-refractivity contribution is 0.406. The van der Waals surface area contributed by atoms with Gasteiger partial charge in [0, 0.05) is 6.04 Å². The van der Waals surface area contributed by atoms with Gasteiger partial charge in [-0.25, -0.2) is 0 Å². The third-order valence-corrected chi connectivity index (χ3v) is 3.70. The molecule has 0 saturated heterocycles. The first kappa shape index (κ1) is 16.0. The highest BCUT2D eigenvalue weighted by molar-refractivity contribution is 5.45. The van der Waals surface area contributed by atoms with Crippen LogP contribution in [0.1, 0.15) is 55.8 Å². The molecule has 1 rings (SSSR count). The summed E-state index contributed by atoms with van der Waals surface area (Å²) >= 11 is 0. The second-order valence-corrected chi connectivity index (χ2v) is 5.79. The monoisotopic (exact) mass is 264 g/mol. The summed E-state index contributed by atoms with van der Waals surface area (Å²) in [6.07, 6.45) is 0.918. The standard InChI is InChI=1S/C16H28N2O/c1-10(2)13-8-14(12(4)7-16(13)19-5)15(18)6-11(3)9-17/h7-8,10-11,15H,6,9,17-18H2,1-5H3. The summed E-state index contributed by atoms with van der Waals surface area (Å²) in [7, 11) is 1.72. The Hall–Kier alpha value is -1.06. The van der Waals surface area contributed by atoms with Crippen LogP contribution in [0.15, 0.2) is 12.1 Å². The second-order valence-electron chi connectivity index (χ2n) is 5.79. The molecule has 0 aromatic heterocycles. The molecule has 3 heteroatoms. The molecule has 4 N–H and O–H groups in total. The van der Waals surface area contributed by atoms with Crippen LogP contribution in [0.4, 0.5) is 0 Å².